The maximum atomic E-state index is 12.9. The van der Waals surface area contributed by atoms with Crippen LogP contribution in [0.3, 0.4) is 0 Å². The molecule has 2 aliphatic rings. The van der Waals surface area contributed by atoms with Gasteiger partial charge in [-0.1, -0.05) is 6.07 Å². The zero-order valence-electron chi connectivity index (χ0n) is 18.6. The lowest BCUT2D eigenvalue weighted by molar-refractivity contribution is -0.274. The third-order valence-electron chi connectivity index (χ3n) is 5.94. The minimum atomic E-state index is -4.77. The van der Waals surface area contributed by atoms with Crippen LogP contribution in [0.15, 0.2) is 53.1 Å². The first-order valence-electron chi connectivity index (χ1n) is 11.0. The van der Waals surface area contributed by atoms with E-state index in [4.69, 9.17) is 4.42 Å². The molecule has 3 amide bonds. The average Bonchev–Trinajstić information content (AvgIpc) is 3.43. The highest BCUT2D eigenvalue weighted by atomic mass is 19.4. The Morgan fingerprint density at radius 1 is 1.14 bits per heavy atom. The lowest BCUT2D eigenvalue weighted by Crippen LogP contribution is -2.52. The number of oxazole rings is 1. The molecule has 0 radical (unpaired) electrons. The molecule has 2 aromatic carbocycles. The van der Waals surface area contributed by atoms with Crippen LogP contribution in [0.25, 0.3) is 11.3 Å². The van der Waals surface area contributed by atoms with Gasteiger partial charge in [-0.3, -0.25) is 19.7 Å². The number of hydrogen-bond acceptors (Lipinski definition) is 7. The number of hydrogen-bond donors (Lipinski definition) is 2. The smallest absolute Gasteiger partial charge is 0.439 e. The minimum Gasteiger partial charge on any atom is -0.439 e. The quantitative estimate of drug-likeness (QED) is 0.497. The molecule has 12 heteroatoms. The van der Waals surface area contributed by atoms with Gasteiger partial charge in [-0.2, -0.15) is 0 Å². The van der Waals surface area contributed by atoms with Crippen molar-refractivity contribution in [2.75, 3.05) is 5.32 Å². The van der Waals surface area contributed by atoms with Crippen LogP contribution in [-0.2, 0) is 22.7 Å². The number of rotatable bonds is 6. The number of fused-ring (bicyclic) bond motifs is 1. The molecular weight excluding hydrogens is 481 g/mol. The summed E-state index contributed by atoms with van der Waals surface area (Å²) in [5, 5.41) is 5.47. The van der Waals surface area contributed by atoms with Crippen molar-refractivity contribution in [3.8, 4) is 17.1 Å². The van der Waals surface area contributed by atoms with Crippen molar-refractivity contribution in [3.05, 3.63) is 65.7 Å². The molecule has 1 aromatic heterocycles. The molecule has 186 valence electrons. The van der Waals surface area contributed by atoms with E-state index < -0.39 is 18.3 Å². The molecule has 5 rings (SSSR count). The number of anilines is 1. The van der Waals surface area contributed by atoms with Crippen LogP contribution in [0.5, 0.6) is 5.75 Å². The molecule has 36 heavy (non-hydrogen) atoms. The highest BCUT2D eigenvalue weighted by Gasteiger charge is 2.39. The average molecular weight is 500 g/mol. The summed E-state index contributed by atoms with van der Waals surface area (Å²) in [7, 11) is 0. The molecule has 3 heterocycles. The molecule has 1 atom stereocenters. The van der Waals surface area contributed by atoms with E-state index >= 15 is 0 Å². The lowest BCUT2D eigenvalue weighted by atomic mass is 10.0. The number of carbonyl (C=O) groups excluding carboxylic acids is 3. The summed E-state index contributed by atoms with van der Waals surface area (Å²) in [5.41, 5.74) is 2.39. The number of nitrogens with zero attached hydrogens (tertiary/aromatic N) is 2. The summed E-state index contributed by atoms with van der Waals surface area (Å²) >= 11 is 0. The fourth-order valence-electron chi connectivity index (χ4n) is 4.27. The molecule has 2 aliphatic heterocycles. The van der Waals surface area contributed by atoms with Crippen molar-refractivity contribution in [1.29, 1.82) is 0 Å². The first kappa shape index (κ1) is 23.4. The van der Waals surface area contributed by atoms with E-state index in [1.807, 2.05) is 0 Å². The van der Waals surface area contributed by atoms with E-state index in [1.165, 1.54) is 35.4 Å². The van der Waals surface area contributed by atoms with Gasteiger partial charge in [-0.25, -0.2) is 4.98 Å². The maximum Gasteiger partial charge on any atom is 0.573 e. The predicted molar refractivity (Wildman–Crippen MR) is 118 cm³/mol. The molecular formula is C24H19F3N4O5. The van der Waals surface area contributed by atoms with Crippen LogP contribution in [0.2, 0.25) is 0 Å². The van der Waals surface area contributed by atoms with Crippen LogP contribution in [0, 0.1) is 0 Å². The van der Waals surface area contributed by atoms with Crippen molar-refractivity contribution in [2.24, 2.45) is 0 Å². The van der Waals surface area contributed by atoms with Gasteiger partial charge in [0.05, 0.1) is 12.7 Å². The Morgan fingerprint density at radius 3 is 2.64 bits per heavy atom. The topological polar surface area (TPSA) is 114 Å². The Labute approximate surface area is 202 Å². The molecule has 0 spiro atoms. The number of alkyl halides is 3. The predicted octanol–water partition coefficient (Wildman–Crippen LogP) is 3.61. The molecule has 1 unspecified atom stereocenters. The number of benzene rings is 2. The molecule has 3 aromatic rings. The van der Waals surface area contributed by atoms with Crippen LogP contribution < -0.4 is 15.4 Å². The van der Waals surface area contributed by atoms with E-state index in [2.05, 4.69) is 20.4 Å². The molecule has 0 bridgehead atoms. The van der Waals surface area contributed by atoms with Gasteiger partial charge in [0.15, 0.2) is 5.76 Å². The van der Waals surface area contributed by atoms with Crippen LogP contribution >= 0.6 is 0 Å². The van der Waals surface area contributed by atoms with Gasteiger partial charge in [0.2, 0.25) is 17.7 Å². The summed E-state index contributed by atoms with van der Waals surface area (Å²) in [4.78, 5) is 42.3. The highest BCUT2D eigenvalue weighted by Crippen LogP contribution is 2.33. The van der Waals surface area contributed by atoms with Gasteiger partial charge in [-0.15, -0.1) is 13.2 Å². The van der Waals surface area contributed by atoms with Crippen molar-refractivity contribution >= 4 is 23.4 Å². The number of imide groups is 1. The van der Waals surface area contributed by atoms with Gasteiger partial charge in [0, 0.05) is 35.3 Å². The van der Waals surface area contributed by atoms with E-state index in [0.29, 0.717) is 28.5 Å². The zero-order valence-corrected chi connectivity index (χ0v) is 18.6. The Kier molecular flexibility index (Phi) is 5.86. The van der Waals surface area contributed by atoms with Gasteiger partial charge < -0.3 is 19.4 Å². The molecule has 0 saturated carbocycles. The SMILES string of the molecule is O=C1CCC(N2Cc3c(NCc4ncc(-c5ccc(OC(F)(F)F)cc5)o4)cccc3C2=O)C(=O)N1. The summed E-state index contributed by atoms with van der Waals surface area (Å²) in [6.07, 6.45) is -2.87. The van der Waals surface area contributed by atoms with Crippen molar-refractivity contribution < 1.29 is 36.7 Å². The van der Waals surface area contributed by atoms with Crippen molar-refractivity contribution in [3.63, 3.8) is 0 Å². The maximum absolute atomic E-state index is 12.9. The monoisotopic (exact) mass is 500 g/mol. The van der Waals surface area contributed by atoms with Gasteiger partial charge in [0.1, 0.15) is 11.8 Å². The number of halogens is 3. The Bertz CT molecular complexity index is 1340. The Hall–Kier alpha value is -4.35. The summed E-state index contributed by atoms with van der Waals surface area (Å²) in [5.74, 6) is -0.760. The third kappa shape index (κ3) is 4.74. The van der Waals surface area contributed by atoms with Crippen LogP contribution in [0.4, 0.5) is 18.9 Å². The standard InChI is InChI=1S/C24H19F3N4O5/c25-24(26,27)36-14-6-4-13(5-7-14)19-10-29-21(35-19)11-28-17-3-1-2-15-16(17)12-31(23(15)34)18-8-9-20(32)30-22(18)33/h1-7,10,18,28H,8-9,11-12H2,(H,30,32,33). The second-order valence-corrected chi connectivity index (χ2v) is 8.28. The number of aromatic nitrogens is 1. The Balaban J connectivity index is 1.26. The molecule has 2 N–H and O–H groups in total. The lowest BCUT2D eigenvalue weighted by Gasteiger charge is -2.29. The largest absolute Gasteiger partial charge is 0.573 e. The number of carbonyl (C=O) groups is 3. The second kappa shape index (κ2) is 9.02. The normalized spacial score (nSPS) is 17.7. The van der Waals surface area contributed by atoms with E-state index in [0.717, 1.165) is 5.56 Å². The molecule has 1 fully saturated rings. The molecule has 9 nitrogen and oxygen atoms in total. The van der Waals surface area contributed by atoms with Crippen molar-refractivity contribution in [2.45, 2.75) is 38.3 Å². The first-order valence-corrected chi connectivity index (χ1v) is 11.0. The van der Waals surface area contributed by atoms with Crippen LogP contribution in [0.1, 0.15) is 34.7 Å². The van der Waals surface area contributed by atoms with E-state index in [9.17, 15) is 27.6 Å². The Morgan fingerprint density at radius 2 is 1.92 bits per heavy atom. The van der Waals surface area contributed by atoms with Crippen LogP contribution in [-0.4, -0.2) is 40.0 Å². The van der Waals surface area contributed by atoms with E-state index in [-0.39, 0.29) is 43.5 Å². The fraction of sp³-hybridized carbons (Fsp3) is 0.250. The first-order chi connectivity index (χ1) is 17.2. The number of ether oxygens (including phenoxy) is 1. The van der Waals surface area contributed by atoms with Gasteiger partial charge in [-0.05, 0) is 42.8 Å². The third-order valence-corrected chi connectivity index (χ3v) is 5.94. The highest BCUT2D eigenvalue weighted by molar-refractivity contribution is 6.06. The summed E-state index contributed by atoms with van der Waals surface area (Å²) in [6.45, 7) is 0.394. The second-order valence-electron chi connectivity index (χ2n) is 8.28. The molecule has 1 saturated heterocycles. The summed E-state index contributed by atoms with van der Waals surface area (Å²) in [6, 6.07) is 9.71. The number of piperidine rings is 1. The molecule has 0 aliphatic carbocycles. The number of amides is 3. The number of nitrogens with one attached hydrogen (secondary N) is 2. The van der Waals surface area contributed by atoms with Gasteiger partial charge in [0.25, 0.3) is 5.91 Å². The fourth-order valence-corrected chi connectivity index (χ4v) is 4.27. The van der Waals surface area contributed by atoms with Gasteiger partial charge >= 0.3 is 6.36 Å². The summed E-state index contributed by atoms with van der Waals surface area (Å²) < 4.78 is 46.6. The van der Waals surface area contributed by atoms with E-state index in [1.54, 1.807) is 18.2 Å². The van der Waals surface area contributed by atoms with Crippen molar-refractivity contribution in [1.82, 2.24) is 15.2 Å². The minimum absolute atomic E-state index is 0.173. The zero-order chi connectivity index (χ0) is 25.4.